The molecule has 1 amide bonds. The Labute approximate surface area is 306 Å². The molecule has 3 fully saturated rings. The second kappa shape index (κ2) is 16.7. The molecule has 3 aromatic rings. The van der Waals surface area contributed by atoms with Gasteiger partial charge in [-0.05, 0) is 41.5 Å². The van der Waals surface area contributed by atoms with E-state index < -0.39 is 29.3 Å². The van der Waals surface area contributed by atoms with Crippen LogP contribution in [0, 0.1) is 35.0 Å². The van der Waals surface area contributed by atoms with Gasteiger partial charge >= 0.3 is 11.9 Å². The molecule has 1 aromatic heterocycles. The Kier molecular flexibility index (Phi) is 12.1. The van der Waals surface area contributed by atoms with Gasteiger partial charge in [-0.3, -0.25) is 24.8 Å². The predicted octanol–water partition coefficient (Wildman–Crippen LogP) is 4.97. The normalized spacial score (nSPS) is 23.8. The summed E-state index contributed by atoms with van der Waals surface area (Å²) in [5, 5.41) is 13.6. The number of carbonyl (C=O) groups excluding carboxylic acids is 3. The van der Waals surface area contributed by atoms with Crippen molar-refractivity contribution in [3.8, 4) is 11.3 Å². The van der Waals surface area contributed by atoms with Gasteiger partial charge < -0.3 is 24.1 Å². The van der Waals surface area contributed by atoms with Crippen LogP contribution in [0.1, 0.15) is 51.2 Å². The van der Waals surface area contributed by atoms with E-state index >= 15 is 0 Å². The van der Waals surface area contributed by atoms with E-state index in [1.807, 2.05) is 93.6 Å². The van der Waals surface area contributed by atoms with Crippen molar-refractivity contribution in [2.45, 2.75) is 71.5 Å². The fourth-order valence-electron chi connectivity index (χ4n) is 7.86. The standard InChI is InChI=1S/C41H51N3O8/c1-41(2,3)33(21-36(46)49-4)39(48)43-44(22-27-13-15-28(16-14-27)34-12-8-9-17-42-34)23-35(45)29(18-26-10-6-5-7-11-26)20-37(47)52-38-30-19-31-32(38)25-51-40(31)50-24-30/h5-17,29-33,35,38,40,45H,18-25H2,1-4H3,(H,43,48)/t29-,30?,31?,32?,33-,35+,38?,40?/m1/s1. The molecule has 52 heavy (non-hydrogen) atoms. The molecular formula is C41H51N3O8. The summed E-state index contributed by atoms with van der Waals surface area (Å²) in [5.74, 6) is -1.91. The first-order chi connectivity index (χ1) is 25.0. The number of benzene rings is 2. The molecule has 3 heterocycles. The minimum atomic E-state index is -1.03. The van der Waals surface area contributed by atoms with Crippen LogP contribution in [0.4, 0.5) is 0 Å². The smallest absolute Gasteiger partial charge is 0.306 e. The average Bonchev–Trinajstić information content (AvgIpc) is 3.67. The number of fused-ring (bicyclic) bond motifs is 1. The number of hydrazine groups is 1. The lowest BCUT2D eigenvalue weighted by Crippen LogP contribution is -2.51. The lowest BCUT2D eigenvalue weighted by molar-refractivity contribution is -0.178. The molecule has 278 valence electrons. The number of methoxy groups -OCH3 is 1. The molecule has 5 unspecified atom stereocenters. The SMILES string of the molecule is COC(=O)C[C@H](C(=O)NN(Cc1ccc(-c2ccccn2)cc1)C[C@H](O)[C@@H](CC(=O)OC1C2COC3OCC1C3C2)Cc1ccccc1)C(C)(C)C. The average molecular weight is 714 g/mol. The van der Waals surface area contributed by atoms with Crippen LogP contribution in [0.15, 0.2) is 79.0 Å². The van der Waals surface area contributed by atoms with E-state index in [0.717, 1.165) is 28.8 Å². The number of aromatic nitrogens is 1. The maximum Gasteiger partial charge on any atom is 0.306 e. The van der Waals surface area contributed by atoms with Crippen molar-refractivity contribution in [2.24, 2.45) is 35.0 Å². The minimum Gasteiger partial charge on any atom is -0.469 e. The molecule has 8 atom stereocenters. The summed E-state index contributed by atoms with van der Waals surface area (Å²) in [6.45, 7) is 7.01. The number of aliphatic hydroxyl groups excluding tert-OH is 1. The number of hydrogen-bond acceptors (Lipinski definition) is 10. The summed E-state index contributed by atoms with van der Waals surface area (Å²) in [5.41, 5.74) is 6.12. The lowest BCUT2D eigenvalue weighted by Gasteiger charge is -2.34. The van der Waals surface area contributed by atoms with Gasteiger partial charge in [0.2, 0.25) is 5.91 Å². The van der Waals surface area contributed by atoms with Gasteiger partial charge in [-0.25, -0.2) is 5.01 Å². The largest absolute Gasteiger partial charge is 0.469 e. The molecule has 6 rings (SSSR count). The zero-order valence-corrected chi connectivity index (χ0v) is 30.5. The van der Waals surface area contributed by atoms with Crippen molar-refractivity contribution >= 4 is 17.8 Å². The summed E-state index contributed by atoms with van der Waals surface area (Å²) in [6.07, 6.45) is 1.49. The van der Waals surface area contributed by atoms with Crippen molar-refractivity contribution in [1.82, 2.24) is 15.4 Å². The highest BCUT2D eigenvalue weighted by molar-refractivity contribution is 5.84. The Morgan fingerprint density at radius 2 is 1.65 bits per heavy atom. The van der Waals surface area contributed by atoms with Crippen LogP contribution in [0.5, 0.6) is 0 Å². The van der Waals surface area contributed by atoms with Crippen LogP contribution in [0.3, 0.4) is 0 Å². The first-order valence-corrected chi connectivity index (χ1v) is 18.3. The van der Waals surface area contributed by atoms with Gasteiger partial charge in [0.25, 0.3) is 0 Å². The maximum absolute atomic E-state index is 13.9. The minimum absolute atomic E-state index is 0.00464. The lowest BCUT2D eigenvalue weighted by atomic mass is 9.78. The highest BCUT2D eigenvalue weighted by atomic mass is 16.7. The third-order valence-electron chi connectivity index (χ3n) is 10.8. The van der Waals surface area contributed by atoms with Crippen LogP contribution in [-0.4, -0.2) is 78.3 Å². The van der Waals surface area contributed by atoms with E-state index in [4.69, 9.17) is 18.9 Å². The second-order valence-electron chi connectivity index (χ2n) is 15.5. The Morgan fingerprint density at radius 1 is 0.923 bits per heavy atom. The van der Waals surface area contributed by atoms with Crippen molar-refractivity contribution < 1.29 is 38.4 Å². The molecule has 1 saturated carbocycles. The van der Waals surface area contributed by atoms with Gasteiger partial charge in [0.05, 0.1) is 50.9 Å². The summed E-state index contributed by atoms with van der Waals surface area (Å²) in [4.78, 5) is 44.3. The summed E-state index contributed by atoms with van der Waals surface area (Å²) in [6, 6.07) is 23.3. The first-order valence-electron chi connectivity index (χ1n) is 18.3. The molecule has 0 spiro atoms. The van der Waals surface area contributed by atoms with Gasteiger partial charge in [0, 0.05) is 48.5 Å². The number of amides is 1. The number of nitrogens with zero attached hydrogens (tertiary/aromatic N) is 2. The number of nitrogens with one attached hydrogen (secondary N) is 1. The molecule has 11 nitrogen and oxygen atoms in total. The van der Waals surface area contributed by atoms with Gasteiger partial charge in [0.1, 0.15) is 6.10 Å². The van der Waals surface area contributed by atoms with Crippen LogP contribution < -0.4 is 5.43 Å². The fourth-order valence-corrected chi connectivity index (χ4v) is 7.86. The monoisotopic (exact) mass is 713 g/mol. The number of hydrogen-bond donors (Lipinski definition) is 2. The van der Waals surface area contributed by atoms with Gasteiger partial charge in [-0.15, -0.1) is 0 Å². The molecule has 2 bridgehead atoms. The van der Waals surface area contributed by atoms with Crippen LogP contribution in [0.2, 0.25) is 0 Å². The topological polar surface area (TPSA) is 137 Å². The van der Waals surface area contributed by atoms with Crippen molar-refractivity contribution in [3.63, 3.8) is 0 Å². The van der Waals surface area contributed by atoms with Gasteiger partial charge in [-0.1, -0.05) is 81.4 Å². The molecule has 3 aliphatic rings. The van der Waals surface area contributed by atoms with Gasteiger partial charge in [0.15, 0.2) is 6.29 Å². The fraction of sp³-hybridized carbons (Fsp3) is 0.512. The van der Waals surface area contributed by atoms with Crippen LogP contribution in [-0.2, 0) is 46.3 Å². The van der Waals surface area contributed by atoms with Gasteiger partial charge in [-0.2, -0.15) is 0 Å². The van der Waals surface area contributed by atoms with Crippen molar-refractivity contribution in [2.75, 3.05) is 26.9 Å². The van der Waals surface area contributed by atoms with E-state index in [-0.39, 0.29) is 68.0 Å². The van der Waals surface area contributed by atoms with E-state index in [0.29, 0.717) is 19.6 Å². The molecule has 2 saturated heterocycles. The Bertz CT molecular complexity index is 1650. The van der Waals surface area contributed by atoms with E-state index in [2.05, 4.69) is 10.4 Å². The first kappa shape index (κ1) is 37.6. The van der Waals surface area contributed by atoms with Crippen LogP contribution in [0.25, 0.3) is 11.3 Å². The third-order valence-corrected chi connectivity index (χ3v) is 10.8. The number of ether oxygens (including phenoxy) is 4. The molecule has 0 radical (unpaired) electrons. The number of carbonyl (C=O) groups is 3. The summed E-state index contributed by atoms with van der Waals surface area (Å²) >= 11 is 0. The maximum atomic E-state index is 13.9. The number of aliphatic hydroxyl groups is 1. The van der Waals surface area contributed by atoms with Crippen LogP contribution >= 0.6 is 0 Å². The zero-order chi connectivity index (χ0) is 36.8. The number of esters is 2. The quantitative estimate of drug-likeness (QED) is 0.164. The molecular weight excluding hydrogens is 662 g/mol. The Hall–Kier alpha value is -4.16. The molecule has 1 aliphatic carbocycles. The predicted molar refractivity (Wildman–Crippen MR) is 193 cm³/mol. The summed E-state index contributed by atoms with van der Waals surface area (Å²) < 4.78 is 22.8. The van der Waals surface area contributed by atoms with E-state index in [1.54, 1.807) is 11.2 Å². The second-order valence-corrected chi connectivity index (χ2v) is 15.5. The molecule has 2 aliphatic heterocycles. The highest BCUT2D eigenvalue weighted by Crippen LogP contribution is 2.49. The third kappa shape index (κ3) is 9.25. The highest BCUT2D eigenvalue weighted by Gasteiger charge is 2.56. The van der Waals surface area contributed by atoms with E-state index in [9.17, 15) is 19.5 Å². The zero-order valence-electron chi connectivity index (χ0n) is 30.5. The Morgan fingerprint density at radius 3 is 2.35 bits per heavy atom. The van der Waals surface area contributed by atoms with Crippen molar-refractivity contribution in [3.05, 3.63) is 90.1 Å². The molecule has 11 heteroatoms. The summed E-state index contributed by atoms with van der Waals surface area (Å²) in [7, 11) is 1.31. The molecule has 2 aromatic carbocycles. The number of rotatable bonds is 15. The van der Waals surface area contributed by atoms with E-state index in [1.165, 1.54) is 7.11 Å². The molecule has 2 N–H and O–H groups in total. The number of pyridine rings is 1. The van der Waals surface area contributed by atoms with Crippen molar-refractivity contribution in [1.29, 1.82) is 0 Å². The Balaban J connectivity index is 1.21.